The number of esters is 1. The van der Waals surface area contributed by atoms with Crippen molar-refractivity contribution in [1.29, 1.82) is 0 Å². The van der Waals surface area contributed by atoms with Crippen LogP contribution in [0.4, 0.5) is 13.6 Å². The molecule has 106 valence electrons. The van der Waals surface area contributed by atoms with Gasteiger partial charge < -0.3 is 4.74 Å². The fourth-order valence-corrected chi connectivity index (χ4v) is 2.33. The van der Waals surface area contributed by atoms with Gasteiger partial charge in [-0.3, -0.25) is 19.3 Å². The van der Waals surface area contributed by atoms with Gasteiger partial charge in [0.15, 0.2) is 0 Å². The number of rotatable bonds is 6. The van der Waals surface area contributed by atoms with E-state index < -0.39 is 18.2 Å². The van der Waals surface area contributed by atoms with Crippen molar-refractivity contribution in [2.45, 2.75) is 25.9 Å². The van der Waals surface area contributed by atoms with Crippen LogP contribution in [0.2, 0.25) is 0 Å². The molecule has 0 aromatic rings. The number of halogens is 2. The molecule has 1 fully saturated rings. The molecule has 19 heavy (non-hydrogen) atoms. The predicted molar refractivity (Wildman–Crippen MR) is 64.7 cm³/mol. The van der Waals surface area contributed by atoms with Crippen molar-refractivity contribution in [3.8, 4) is 0 Å². The molecule has 1 unspecified atom stereocenters. The molecule has 1 atom stereocenters. The van der Waals surface area contributed by atoms with Crippen molar-refractivity contribution in [3.05, 3.63) is 12.2 Å². The zero-order valence-electron chi connectivity index (χ0n) is 10.2. The van der Waals surface area contributed by atoms with Crippen molar-refractivity contribution < 1.29 is 27.9 Å². The standard InChI is InChI=1S/C11H13F2NO4S/c1-7(15)18-8(5-9(12)13)3-2-4-14-10(16)6-19-11(14)17/h5,8H,2-4,6H2,1H3. The predicted octanol–water partition coefficient (Wildman–Crippen LogP) is 2.17. The summed E-state index contributed by atoms with van der Waals surface area (Å²) in [4.78, 5) is 34.4. The molecule has 0 aromatic heterocycles. The summed E-state index contributed by atoms with van der Waals surface area (Å²) in [6, 6.07) is 0. The Labute approximate surface area is 113 Å². The van der Waals surface area contributed by atoms with E-state index in [2.05, 4.69) is 0 Å². The van der Waals surface area contributed by atoms with Crippen LogP contribution in [0.15, 0.2) is 12.2 Å². The zero-order valence-corrected chi connectivity index (χ0v) is 11.0. The fraction of sp³-hybridized carbons (Fsp3) is 0.545. The minimum absolute atomic E-state index is 0.116. The number of imide groups is 1. The van der Waals surface area contributed by atoms with E-state index in [4.69, 9.17) is 4.74 Å². The average Bonchev–Trinajstić information content (AvgIpc) is 2.58. The molecule has 0 spiro atoms. The van der Waals surface area contributed by atoms with Crippen LogP contribution < -0.4 is 0 Å². The van der Waals surface area contributed by atoms with Gasteiger partial charge >= 0.3 is 5.97 Å². The van der Waals surface area contributed by atoms with E-state index >= 15 is 0 Å². The lowest BCUT2D eigenvalue weighted by atomic mass is 10.2. The van der Waals surface area contributed by atoms with Gasteiger partial charge in [0.2, 0.25) is 5.91 Å². The number of amides is 2. The van der Waals surface area contributed by atoms with Crippen molar-refractivity contribution in [2.24, 2.45) is 0 Å². The first kappa shape index (κ1) is 15.6. The van der Waals surface area contributed by atoms with Gasteiger partial charge in [-0.15, -0.1) is 0 Å². The molecule has 1 heterocycles. The third-order valence-corrected chi connectivity index (χ3v) is 3.20. The highest BCUT2D eigenvalue weighted by Gasteiger charge is 2.29. The van der Waals surface area contributed by atoms with Crippen LogP contribution >= 0.6 is 11.8 Å². The lowest BCUT2D eigenvalue weighted by Crippen LogP contribution is -2.30. The van der Waals surface area contributed by atoms with Crippen LogP contribution in [-0.2, 0) is 14.3 Å². The molecule has 0 saturated carbocycles. The van der Waals surface area contributed by atoms with Crippen LogP contribution in [0.25, 0.3) is 0 Å². The first-order valence-electron chi connectivity index (χ1n) is 5.57. The number of carbonyl (C=O) groups is 3. The van der Waals surface area contributed by atoms with E-state index in [-0.39, 0.29) is 29.9 Å². The van der Waals surface area contributed by atoms with Gasteiger partial charge in [0.05, 0.1) is 5.75 Å². The Balaban J connectivity index is 2.43. The molecule has 1 rings (SSSR count). The topological polar surface area (TPSA) is 63.7 Å². The monoisotopic (exact) mass is 293 g/mol. The third kappa shape index (κ3) is 5.37. The molecule has 0 aromatic carbocycles. The molecule has 0 N–H and O–H groups in total. The number of thioether (sulfide) groups is 1. The van der Waals surface area contributed by atoms with Crippen LogP contribution in [0.5, 0.6) is 0 Å². The lowest BCUT2D eigenvalue weighted by Gasteiger charge is -2.15. The summed E-state index contributed by atoms with van der Waals surface area (Å²) in [6.07, 6.45) is -2.01. The van der Waals surface area contributed by atoms with E-state index in [0.717, 1.165) is 23.6 Å². The van der Waals surface area contributed by atoms with Crippen molar-refractivity contribution in [3.63, 3.8) is 0 Å². The third-order valence-electron chi connectivity index (χ3n) is 2.34. The first-order valence-corrected chi connectivity index (χ1v) is 6.56. The van der Waals surface area contributed by atoms with Crippen LogP contribution in [0.1, 0.15) is 19.8 Å². The Kier molecular flexibility index (Phi) is 5.94. The maximum absolute atomic E-state index is 12.1. The Morgan fingerprint density at radius 2 is 2.21 bits per heavy atom. The van der Waals surface area contributed by atoms with Crippen LogP contribution in [0, 0.1) is 0 Å². The normalized spacial score (nSPS) is 16.5. The molecule has 0 aliphatic carbocycles. The van der Waals surface area contributed by atoms with Crippen LogP contribution in [0.3, 0.4) is 0 Å². The quantitative estimate of drug-likeness (QED) is 0.702. The maximum atomic E-state index is 12.1. The van der Waals surface area contributed by atoms with E-state index in [1.54, 1.807) is 0 Å². The Morgan fingerprint density at radius 1 is 1.53 bits per heavy atom. The minimum atomic E-state index is -1.94. The Hall–Kier alpha value is -1.44. The number of carbonyl (C=O) groups excluding carboxylic acids is 3. The summed E-state index contributed by atoms with van der Waals surface area (Å²) < 4.78 is 29.0. The first-order chi connectivity index (χ1) is 8.90. The summed E-state index contributed by atoms with van der Waals surface area (Å²) in [6.45, 7) is 1.27. The molecule has 1 aliphatic heterocycles. The van der Waals surface area contributed by atoms with Gasteiger partial charge in [-0.2, -0.15) is 8.78 Å². The summed E-state index contributed by atoms with van der Waals surface area (Å²) in [5.74, 6) is -0.830. The SMILES string of the molecule is CC(=O)OC(C=C(F)F)CCCN1C(=O)CSC1=O. The molecule has 1 aliphatic rings. The number of ether oxygens (including phenoxy) is 1. The van der Waals surface area contributed by atoms with Gasteiger partial charge in [0.1, 0.15) is 6.10 Å². The second-order valence-corrected chi connectivity index (χ2v) is 4.77. The van der Waals surface area contributed by atoms with Gasteiger partial charge in [-0.25, -0.2) is 0 Å². The zero-order chi connectivity index (χ0) is 14.4. The van der Waals surface area contributed by atoms with Crippen LogP contribution in [-0.4, -0.2) is 40.4 Å². The Bertz CT molecular complexity index is 393. The highest BCUT2D eigenvalue weighted by atomic mass is 32.2. The fourth-order valence-electron chi connectivity index (χ4n) is 1.58. The second kappa shape index (κ2) is 7.22. The smallest absolute Gasteiger partial charge is 0.303 e. The van der Waals surface area contributed by atoms with Crippen molar-refractivity contribution >= 4 is 28.9 Å². The minimum Gasteiger partial charge on any atom is -0.458 e. The van der Waals surface area contributed by atoms with Gasteiger partial charge in [0.25, 0.3) is 11.3 Å². The molecule has 0 radical (unpaired) electrons. The highest BCUT2D eigenvalue weighted by Crippen LogP contribution is 2.19. The molecule has 5 nitrogen and oxygen atoms in total. The molecular weight excluding hydrogens is 280 g/mol. The average molecular weight is 293 g/mol. The maximum Gasteiger partial charge on any atom is 0.303 e. The summed E-state index contributed by atoms with van der Waals surface area (Å²) >= 11 is 0.914. The van der Waals surface area contributed by atoms with Gasteiger partial charge in [0, 0.05) is 19.5 Å². The van der Waals surface area contributed by atoms with E-state index in [0.29, 0.717) is 12.5 Å². The number of nitrogens with zero attached hydrogens (tertiary/aromatic N) is 1. The summed E-state index contributed by atoms with van der Waals surface area (Å²) in [5, 5.41) is -0.332. The van der Waals surface area contributed by atoms with E-state index in [1.807, 2.05) is 0 Å². The van der Waals surface area contributed by atoms with Crippen molar-refractivity contribution in [2.75, 3.05) is 12.3 Å². The van der Waals surface area contributed by atoms with Gasteiger partial charge in [-0.1, -0.05) is 11.8 Å². The molecular formula is C11H13F2NO4S. The van der Waals surface area contributed by atoms with E-state index in [1.165, 1.54) is 0 Å². The molecule has 0 bridgehead atoms. The molecule has 1 saturated heterocycles. The van der Waals surface area contributed by atoms with Crippen molar-refractivity contribution in [1.82, 2.24) is 4.90 Å². The second-order valence-electron chi connectivity index (χ2n) is 3.85. The molecule has 2 amide bonds. The number of hydrogen-bond acceptors (Lipinski definition) is 5. The van der Waals surface area contributed by atoms with E-state index in [9.17, 15) is 23.2 Å². The number of hydrogen-bond donors (Lipinski definition) is 0. The summed E-state index contributed by atoms with van der Waals surface area (Å²) in [7, 11) is 0. The molecule has 8 heteroatoms. The lowest BCUT2D eigenvalue weighted by molar-refractivity contribution is -0.144. The van der Waals surface area contributed by atoms with Gasteiger partial charge in [-0.05, 0) is 12.8 Å². The summed E-state index contributed by atoms with van der Waals surface area (Å²) in [5.41, 5.74) is 0. The Morgan fingerprint density at radius 3 is 2.68 bits per heavy atom. The largest absolute Gasteiger partial charge is 0.458 e. The highest BCUT2D eigenvalue weighted by molar-refractivity contribution is 8.14.